The van der Waals surface area contributed by atoms with E-state index >= 15 is 0 Å². The molecular formula is C6H8Br2O3. The van der Waals surface area contributed by atoms with Crippen molar-refractivity contribution in [3.8, 4) is 0 Å². The molecular weight excluding hydrogens is 280 g/mol. The SMILES string of the molecule is O[C@@H]1[C@@H](Br)[C@H](Br)[C@@H](O)[C@@H]2O[C@H]12. The molecule has 0 aromatic carbocycles. The van der Waals surface area contributed by atoms with E-state index in [1.54, 1.807) is 0 Å². The maximum atomic E-state index is 9.46. The highest BCUT2D eigenvalue weighted by Gasteiger charge is 2.58. The molecule has 0 aromatic rings. The number of alkyl halides is 2. The Morgan fingerprint density at radius 3 is 1.64 bits per heavy atom. The lowest BCUT2D eigenvalue weighted by Crippen LogP contribution is -2.48. The van der Waals surface area contributed by atoms with E-state index in [1.165, 1.54) is 0 Å². The number of aliphatic hydroxyl groups excluding tert-OH is 2. The van der Waals surface area contributed by atoms with Gasteiger partial charge in [0.2, 0.25) is 0 Å². The number of hydrogen-bond acceptors (Lipinski definition) is 3. The molecule has 2 N–H and O–H groups in total. The number of halogens is 2. The highest BCUT2D eigenvalue weighted by atomic mass is 79.9. The van der Waals surface area contributed by atoms with E-state index in [9.17, 15) is 10.2 Å². The van der Waals surface area contributed by atoms with Crippen molar-refractivity contribution in [1.82, 2.24) is 0 Å². The van der Waals surface area contributed by atoms with Crippen molar-refractivity contribution in [3.63, 3.8) is 0 Å². The van der Waals surface area contributed by atoms with Crippen molar-refractivity contribution in [3.05, 3.63) is 0 Å². The molecule has 0 bridgehead atoms. The van der Waals surface area contributed by atoms with Crippen molar-refractivity contribution >= 4 is 31.9 Å². The molecule has 6 atom stereocenters. The third-order valence-electron chi connectivity index (χ3n) is 2.19. The van der Waals surface area contributed by atoms with Crippen LogP contribution in [0.2, 0.25) is 0 Å². The van der Waals surface area contributed by atoms with Crippen molar-refractivity contribution in [2.75, 3.05) is 0 Å². The van der Waals surface area contributed by atoms with Gasteiger partial charge in [0.05, 0.1) is 21.9 Å². The van der Waals surface area contributed by atoms with Crippen LogP contribution in [0.4, 0.5) is 0 Å². The fraction of sp³-hybridized carbons (Fsp3) is 1.00. The molecule has 2 rings (SSSR count). The molecule has 1 saturated heterocycles. The van der Waals surface area contributed by atoms with Gasteiger partial charge in [0.15, 0.2) is 0 Å². The summed E-state index contributed by atoms with van der Waals surface area (Å²) in [4.78, 5) is -0.248. The Hall–Kier alpha value is 0.840. The summed E-state index contributed by atoms with van der Waals surface area (Å²) in [5, 5.41) is 18.9. The number of aliphatic hydroxyl groups is 2. The number of ether oxygens (including phenoxy) is 1. The highest BCUT2D eigenvalue weighted by molar-refractivity contribution is 9.12. The minimum absolute atomic E-state index is 0.124. The molecule has 2 fully saturated rings. The first-order valence-corrected chi connectivity index (χ1v) is 5.26. The fourth-order valence-corrected chi connectivity index (χ4v) is 2.65. The summed E-state index contributed by atoms with van der Waals surface area (Å²) >= 11 is 6.58. The van der Waals surface area contributed by atoms with Crippen LogP contribution in [-0.2, 0) is 4.74 Å². The molecule has 0 spiro atoms. The molecule has 0 radical (unpaired) electrons. The van der Waals surface area contributed by atoms with E-state index in [-0.39, 0.29) is 21.9 Å². The summed E-state index contributed by atoms with van der Waals surface area (Å²) in [7, 11) is 0. The van der Waals surface area contributed by atoms with Crippen LogP contribution in [0.5, 0.6) is 0 Å². The van der Waals surface area contributed by atoms with Crippen LogP contribution in [-0.4, -0.2) is 44.3 Å². The largest absolute Gasteiger partial charge is 0.389 e. The van der Waals surface area contributed by atoms with Gasteiger partial charge in [-0.2, -0.15) is 0 Å². The quantitative estimate of drug-likeness (QED) is 0.488. The van der Waals surface area contributed by atoms with Gasteiger partial charge in [-0.05, 0) is 0 Å². The van der Waals surface area contributed by atoms with Crippen LogP contribution in [0, 0.1) is 0 Å². The van der Waals surface area contributed by atoms with Crippen molar-refractivity contribution in [1.29, 1.82) is 0 Å². The number of hydrogen-bond donors (Lipinski definition) is 2. The lowest BCUT2D eigenvalue weighted by Gasteiger charge is -2.28. The van der Waals surface area contributed by atoms with Crippen LogP contribution in [0.1, 0.15) is 0 Å². The molecule has 1 aliphatic carbocycles. The standard InChI is InChI=1S/C6H8Br2O3/c7-1-2(8)4(10)6-5(11-6)3(1)9/h1-6,9-10H/t1-,2-,3+,4+,5-,6+/m0/s1. The first-order chi connectivity index (χ1) is 5.13. The zero-order valence-corrected chi connectivity index (χ0v) is 8.69. The van der Waals surface area contributed by atoms with Crippen molar-refractivity contribution in [2.45, 2.75) is 34.1 Å². The summed E-state index contributed by atoms with van der Waals surface area (Å²) in [5.41, 5.74) is 0. The summed E-state index contributed by atoms with van der Waals surface area (Å²) in [6, 6.07) is 0. The average molecular weight is 288 g/mol. The minimum Gasteiger partial charge on any atom is -0.389 e. The normalized spacial score (nSPS) is 62.2. The third-order valence-corrected chi connectivity index (χ3v) is 5.12. The molecule has 1 aliphatic heterocycles. The summed E-state index contributed by atoms with van der Waals surface area (Å²) < 4.78 is 5.08. The Bertz CT molecular complexity index is 159. The van der Waals surface area contributed by atoms with E-state index in [1.807, 2.05) is 0 Å². The molecule has 0 amide bonds. The van der Waals surface area contributed by atoms with Crippen LogP contribution < -0.4 is 0 Å². The lowest BCUT2D eigenvalue weighted by molar-refractivity contribution is 0.0946. The maximum Gasteiger partial charge on any atom is 0.114 e. The molecule has 11 heavy (non-hydrogen) atoms. The van der Waals surface area contributed by atoms with E-state index in [2.05, 4.69) is 31.9 Å². The Morgan fingerprint density at radius 1 is 0.909 bits per heavy atom. The average Bonchev–Trinajstić information content (AvgIpc) is 2.76. The molecule has 1 heterocycles. The van der Waals surface area contributed by atoms with Gasteiger partial charge in [-0.25, -0.2) is 0 Å². The second-order valence-corrected chi connectivity index (χ2v) is 5.05. The Morgan fingerprint density at radius 2 is 1.27 bits per heavy atom. The first-order valence-electron chi connectivity index (χ1n) is 3.42. The fourth-order valence-electron chi connectivity index (χ4n) is 1.42. The monoisotopic (exact) mass is 286 g/mol. The second-order valence-electron chi connectivity index (χ2n) is 2.94. The molecule has 1 saturated carbocycles. The summed E-state index contributed by atoms with van der Waals surface area (Å²) in [6.45, 7) is 0. The summed E-state index contributed by atoms with van der Waals surface area (Å²) in [6.07, 6.45) is -1.34. The zero-order chi connectivity index (χ0) is 8.17. The third kappa shape index (κ3) is 1.18. The van der Waals surface area contributed by atoms with Gasteiger partial charge in [0.25, 0.3) is 0 Å². The van der Waals surface area contributed by atoms with Gasteiger partial charge >= 0.3 is 0 Å². The van der Waals surface area contributed by atoms with Crippen LogP contribution in [0.25, 0.3) is 0 Å². The predicted octanol–water partition coefficient (Wildman–Crippen LogP) is 0.0162. The number of epoxide rings is 1. The van der Waals surface area contributed by atoms with Crippen LogP contribution in [0.15, 0.2) is 0 Å². The molecule has 64 valence electrons. The van der Waals surface area contributed by atoms with Gasteiger partial charge in [-0.15, -0.1) is 0 Å². The maximum absolute atomic E-state index is 9.46. The molecule has 5 heteroatoms. The Balaban J connectivity index is 2.13. The molecule has 2 aliphatic rings. The van der Waals surface area contributed by atoms with E-state index in [0.717, 1.165) is 0 Å². The summed E-state index contributed by atoms with van der Waals surface area (Å²) in [5.74, 6) is 0. The predicted molar refractivity (Wildman–Crippen MR) is 46.1 cm³/mol. The minimum atomic E-state index is -0.507. The van der Waals surface area contributed by atoms with E-state index < -0.39 is 12.2 Å². The van der Waals surface area contributed by atoms with Crippen LogP contribution >= 0.6 is 31.9 Å². The molecule has 0 aromatic heterocycles. The van der Waals surface area contributed by atoms with Gasteiger partial charge in [-0.1, -0.05) is 31.9 Å². The van der Waals surface area contributed by atoms with Gasteiger partial charge in [0.1, 0.15) is 12.2 Å². The second kappa shape index (κ2) is 2.67. The zero-order valence-electron chi connectivity index (χ0n) is 5.52. The Labute approximate surface area is 81.0 Å². The number of rotatable bonds is 0. The lowest BCUT2D eigenvalue weighted by atomic mass is 9.95. The van der Waals surface area contributed by atoms with Gasteiger partial charge in [-0.3, -0.25) is 0 Å². The van der Waals surface area contributed by atoms with Gasteiger partial charge in [0, 0.05) is 0 Å². The topological polar surface area (TPSA) is 53.0 Å². The van der Waals surface area contributed by atoms with Crippen LogP contribution in [0.3, 0.4) is 0 Å². The highest BCUT2D eigenvalue weighted by Crippen LogP contribution is 2.42. The van der Waals surface area contributed by atoms with Crippen molar-refractivity contribution < 1.29 is 14.9 Å². The number of fused-ring (bicyclic) bond motifs is 1. The van der Waals surface area contributed by atoms with E-state index in [0.29, 0.717) is 0 Å². The first kappa shape index (κ1) is 8.44. The molecule has 0 unspecified atom stereocenters. The van der Waals surface area contributed by atoms with Crippen molar-refractivity contribution in [2.24, 2.45) is 0 Å². The molecule has 3 nitrogen and oxygen atoms in total. The van der Waals surface area contributed by atoms with Gasteiger partial charge < -0.3 is 14.9 Å². The smallest absolute Gasteiger partial charge is 0.114 e. The Kier molecular flexibility index (Phi) is 2.05. The van der Waals surface area contributed by atoms with E-state index in [4.69, 9.17) is 4.74 Å².